The minimum atomic E-state index is -4.38. The van der Waals surface area contributed by atoms with Crippen molar-refractivity contribution >= 4 is 83.0 Å². The van der Waals surface area contributed by atoms with E-state index >= 15 is 0 Å². The van der Waals surface area contributed by atoms with Crippen molar-refractivity contribution in [1.29, 1.82) is 0 Å². The van der Waals surface area contributed by atoms with Gasteiger partial charge in [-0.2, -0.15) is 0 Å². The lowest BCUT2D eigenvalue weighted by atomic mass is 9.79. The largest absolute Gasteiger partial charge is 0.496 e. The maximum atomic E-state index is 14.7. The Morgan fingerprint density at radius 2 is 1.61 bits per heavy atom. The predicted molar refractivity (Wildman–Crippen MR) is 182 cm³/mol. The topological polar surface area (TPSA) is 116 Å². The minimum Gasteiger partial charge on any atom is -0.478 e. The van der Waals surface area contributed by atoms with Crippen LogP contribution in [0.5, 0.6) is 0 Å². The van der Waals surface area contributed by atoms with Crippen LogP contribution in [0.3, 0.4) is 0 Å². The van der Waals surface area contributed by atoms with Crippen LogP contribution in [0.4, 0.5) is 0 Å². The maximum Gasteiger partial charge on any atom is 0.496 e. The van der Waals surface area contributed by atoms with E-state index in [1.165, 1.54) is 67.5 Å². The van der Waals surface area contributed by atoms with Gasteiger partial charge in [0.05, 0.1) is 28.7 Å². The van der Waals surface area contributed by atoms with Crippen LogP contribution in [0.2, 0.25) is 0 Å². The molecule has 1 atom stereocenters. The second-order valence-corrected chi connectivity index (χ2v) is 16.8. The molecule has 2 heterocycles. The number of rotatable bonds is 7. The van der Waals surface area contributed by atoms with Gasteiger partial charge in [-0.25, -0.2) is 18.0 Å². The van der Waals surface area contributed by atoms with E-state index in [2.05, 4.69) is 0 Å². The number of carbonyl (C=O) groups is 2. The summed E-state index contributed by atoms with van der Waals surface area (Å²) in [5.41, 5.74) is 0.578. The van der Waals surface area contributed by atoms with Gasteiger partial charge >= 0.3 is 19.1 Å². The first kappa shape index (κ1) is 32.8. The summed E-state index contributed by atoms with van der Waals surface area (Å²) in [7, 11) is -2.15. The summed E-state index contributed by atoms with van der Waals surface area (Å²) >= 11 is 4.23. The standard InChI is InChI=1S/C32H28B2O8S4/c1-31(2)32(3,46(38,39)27-17-18(29(35)36)12-15-24(27)43-22-10-6-5-8-20(22)33)42-34(41-31)21-9-7-11-25-28(21)45-23-14-13-19(30(37)40-4)16-26(23)44-25/h5-17H,33H2,1-4H3,(H,35,36). The van der Waals surface area contributed by atoms with E-state index in [0.29, 0.717) is 15.9 Å². The lowest BCUT2D eigenvalue weighted by molar-refractivity contribution is 0.0525. The van der Waals surface area contributed by atoms with E-state index in [-0.39, 0.29) is 10.5 Å². The van der Waals surface area contributed by atoms with Crippen LogP contribution >= 0.6 is 35.3 Å². The summed E-state index contributed by atoms with van der Waals surface area (Å²) in [5, 5.41) is 9.78. The predicted octanol–water partition coefficient (Wildman–Crippen LogP) is 4.91. The van der Waals surface area contributed by atoms with Gasteiger partial charge in [0.1, 0.15) is 7.85 Å². The molecule has 0 bridgehead atoms. The summed E-state index contributed by atoms with van der Waals surface area (Å²) in [6, 6.07) is 22.7. The number of aromatic carboxylic acids is 1. The van der Waals surface area contributed by atoms with E-state index in [0.717, 1.165) is 29.9 Å². The van der Waals surface area contributed by atoms with Crippen LogP contribution in [-0.2, 0) is 23.9 Å². The van der Waals surface area contributed by atoms with E-state index in [4.69, 9.17) is 14.0 Å². The number of ether oxygens (including phenoxy) is 1. The fourth-order valence-corrected chi connectivity index (χ4v) is 11.0. The number of hydrogen-bond acceptors (Lipinski definition) is 10. The summed E-state index contributed by atoms with van der Waals surface area (Å²) in [5.74, 6) is -1.66. The van der Waals surface area contributed by atoms with E-state index in [9.17, 15) is 23.1 Å². The lowest BCUT2D eigenvalue weighted by Gasteiger charge is -2.36. The maximum absolute atomic E-state index is 14.7. The Kier molecular flexibility index (Phi) is 8.66. The zero-order chi connectivity index (χ0) is 33.0. The molecule has 1 N–H and O–H groups in total. The number of carbonyl (C=O) groups excluding carboxylic acids is 1. The molecular weight excluding hydrogens is 662 g/mol. The second-order valence-electron chi connectivity index (χ2n) is 11.4. The van der Waals surface area contributed by atoms with Crippen molar-refractivity contribution in [2.75, 3.05) is 7.11 Å². The Balaban J connectivity index is 1.38. The average Bonchev–Trinajstić information content (AvgIpc) is 3.29. The first-order chi connectivity index (χ1) is 21.8. The SMILES string of the molecule is Bc1ccccc1Sc1ccc(C(=O)O)cc1S(=O)(=O)C1(C)OB(c2cccc3c2Sc2ccc(C(=O)OC)cc2S3)OC1(C)C. The Hall–Kier alpha value is -3.13. The summed E-state index contributed by atoms with van der Waals surface area (Å²) in [6.45, 7) is 4.82. The first-order valence-corrected chi connectivity index (χ1v) is 18.1. The Labute approximate surface area is 281 Å². The number of sulfone groups is 1. The third-order valence-corrected chi connectivity index (χ3v) is 14.7. The van der Waals surface area contributed by atoms with Crippen molar-refractivity contribution in [2.45, 2.75) is 65.6 Å². The Morgan fingerprint density at radius 3 is 2.33 bits per heavy atom. The van der Waals surface area contributed by atoms with Gasteiger partial charge in [0.15, 0.2) is 4.93 Å². The van der Waals surface area contributed by atoms with Crippen molar-refractivity contribution in [1.82, 2.24) is 0 Å². The van der Waals surface area contributed by atoms with Gasteiger partial charge in [-0.3, -0.25) is 0 Å². The molecular formula is C32H28B2O8S4. The summed E-state index contributed by atoms with van der Waals surface area (Å²) in [6.07, 6.45) is 0. The molecule has 4 aromatic carbocycles. The summed E-state index contributed by atoms with van der Waals surface area (Å²) < 4.78 is 47.2. The number of carboxylic acids is 1. The highest BCUT2D eigenvalue weighted by atomic mass is 32.2. The molecule has 0 aliphatic carbocycles. The molecule has 6 rings (SSSR count). The zero-order valence-corrected chi connectivity index (χ0v) is 28.8. The van der Waals surface area contributed by atoms with Gasteiger partial charge in [-0.15, -0.1) is 0 Å². The number of benzene rings is 4. The molecule has 2 aliphatic heterocycles. The molecule has 2 aliphatic rings. The smallest absolute Gasteiger partial charge is 0.478 e. The fourth-order valence-electron chi connectivity index (χ4n) is 5.25. The first-order valence-electron chi connectivity index (χ1n) is 14.2. The zero-order valence-electron chi connectivity index (χ0n) is 25.5. The molecule has 14 heteroatoms. The normalized spacial score (nSPS) is 18.5. The van der Waals surface area contributed by atoms with Crippen molar-refractivity contribution in [3.05, 3.63) is 90.0 Å². The van der Waals surface area contributed by atoms with Gasteiger partial charge in [-0.05, 0) is 74.8 Å². The van der Waals surface area contributed by atoms with Crippen LogP contribution in [0.25, 0.3) is 0 Å². The third-order valence-electron chi connectivity index (χ3n) is 8.19. The highest BCUT2D eigenvalue weighted by molar-refractivity contribution is 8.05. The molecule has 46 heavy (non-hydrogen) atoms. The van der Waals surface area contributed by atoms with Gasteiger partial charge in [0.25, 0.3) is 0 Å². The molecule has 8 nitrogen and oxygen atoms in total. The van der Waals surface area contributed by atoms with Crippen LogP contribution in [0, 0.1) is 0 Å². The molecule has 1 unspecified atom stereocenters. The van der Waals surface area contributed by atoms with Gasteiger partial charge in [0.2, 0.25) is 9.84 Å². The Morgan fingerprint density at radius 1 is 0.870 bits per heavy atom. The molecule has 234 valence electrons. The lowest BCUT2D eigenvalue weighted by Crippen LogP contribution is -2.51. The Bertz CT molecular complexity index is 2020. The molecule has 1 fully saturated rings. The number of esters is 1. The number of methoxy groups -OCH3 is 1. The van der Waals surface area contributed by atoms with Crippen molar-refractivity contribution in [2.24, 2.45) is 0 Å². The molecule has 0 radical (unpaired) electrons. The molecule has 4 aromatic rings. The average molecular weight is 690 g/mol. The molecule has 0 amide bonds. The van der Waals surface area contributed by atoms with Crippen LogP contribution < -0.4 is 10.9 Å². The van der Waals surface area contributed by atoms with Crippen LogP contribution in [0.1, 0.15) is 41.5 Å². The molecule has 0 spiro atoms. The van der Waals surface area contributed by atoms with Gasteiger partial charge in [-0.1, -0.05) is 71.1 Å². The number of hydrogen-bond donors (Lipinski definition) is 1. The van der Waals surface area contributed by atoms with Crippen molar-refractivity contribution < 1.29 is 37.2 Å². The van der Waals surface area contributed by atoms with Gasteiger partial charge < -0.3 is 19.2 Å². The van der Waals surface area contributed by atoms with E-state index in [1.807, 2.05) is 56.4 Å². The number of fused-ring (bicyclic) bond motifs is 2. The summed E-state index contributed by atoms with van der Waals surface area (Å²) in [4.78, 5) is 26.9. The van der Waals surface area contributed by atoms with Gasteiger partial charge in [0, 0.05) is 29.4 Å². The van der Waals surface area contributed by atoms with E-state index in [1.54, 1.807) is 26.0 Å². The minimum absolute atomic E-state index is 0.143. The van der Waals surface area contributed by atoms with Crippen LogP contribution in [0.15, 0.2) is 113 Å². The van der Waals surface area contributed by atoms with Crippen LogP contribution in [-0.4, -0.2) is 58.1 Å². The molecule has 0 saturated carbocycles. The fraction of sp³-hybridized carbons (Fsp3) is 0.188. The highest BCUT2D eigenvalue weighted by Crippen LogP contribution is 2.50. The quantitative estimate of drug-likeness (QED) is 0.186. The van der Waals surface area contributed by atoms with E-state index < -0.39 is 39.4 Å². The van der Waals surface area contributed by atoms with Crippen molar-refractivity contribution in [3.63, 3.8) is 0 Å². The van der Waals surface area contributed by atoms with Crippen molar-refractivity contribution in [3.8, 4) is 0 Å². The molecule has 0 aromatic heterocycles. The molecule has 1 saturated heterocycles. The number of carboxylic acid groups (broad SMARTS) is 1. The monoisotopic (exact) mass is 690 g/mol. The highest BCUT2D eigenvalue weighted by Gasteiger charge is 2.63. The third kappa shape index (κ3) is 5.58. The second kappa shape index (κ2) is 12.1.